The largest absolute Gasteiger partial charge is 0.492 e. The molecule has 0 saturated carbocycles. The fourth-order valence-electron chi connectivity index (χ4n) is 3.98. The van der Waals surface area contributed by atoms with Crippen LogP contribution in [0.25, 0.3) is 11.1 Å². The van der Waals surface area contributed by atoms with E-state index in [4.69, 9.17) is 21.1 Å². The summed E-state index contributed by atoms with van der Waals surface area (Å²) < 4.78 is 11.3. The summed E-state index contributed by atoms with van der Waals surface area (Å²) in [5.41, 5.74) is 2.65. The van der Waals surface area contributed by atoms with E-state index in [2.05, 4.69) is 5.32 Å². The summed E-state index contributed by atoms with van der Waals surface area (Å²) in [7, 11) is 0. The number of hydrogen-bond acceptors (Lipinski definition) is 6. The summed E-state index contributed by atoms with van der Waals surface area (Å²) >= 11 is 6.07. The molecule has 0 unspecified atom stereocenters. The van der Waals surface area contributed by atoms with E-state index in [9.17, 15) is 19.8 Å². The van der Waals surface area contributed by atoms with Crippen LogP contribution in [0, 0.1) is 5.92 Å². The van der Waals surface area contributed by atoms with Gasteiger partial charge in [0, 0.05) is 23.8 Å². The molecule has 0 spiro atoms. The Hall–Kier alpha value is -3.75. The van der Waals surface area contributed by atoms with Gasteiger partial charge < -0.3 is 29.9 Å². The average molecular weight is 583 g/mol. The first kappa shape index (κ1) is 31.8. The van der Waals surface area contributed by atoms with Crippen LogP contribution < -0.4 is 10.1 Å². The number of rotatable bonds is 12. The number of benzene rings is 3. The lowest BCUT2D eigenvalue weighted by Crippen LogP contribution is -2.41. The minimum absolute atomic E-state index is 0.0451. The number of hydrogen-bond donors (Lipinski definition) is 3. The Morgan fingerprint density at radius 3 is 2.29 bits per heavy atom. The van der Waals surface area contributed by atoms with Gasteiger partial charge in [-0.3, -0.25) is 0 Å². The zero-order chi connectivity index (χ0) is 30.2. The number of amides is 1. The first-order valence-corrected chi connectivity index (χ1v) is 14.0. The number of nitrogens with one attached hydrogen (secondary N) is 1. The highest BCUT2D eigenvalue weighted by molar-refractivity contribution is 6.30. The maximum absolute atomic E-state index is 12.9. The van der Waals surface area contributed by atoms with Crippen LogP contribution in [0.4, 0.5) is 10.5 Å². The quantitative estimate of drug-likeness (QED) is 0.208. The van der Waals surface area contributed by atoms with Gasteiger partial charge >= 0.3 is 12.1 Å². The predicted octanol–water partition coefficient (Wildman–Crippen LogP) is 7.12. The first-order valence-electron chi connectivity index (χ1n) is 13.6. The highest BCUT2D eigenvalue weighted by Gasteiger charge is 2.24. The number of carbonyl (C=O) groups excluding carboxylic acids is 1. The van der Waals surface area contributed by atoms with Crippen LogP contribution >= 0.6 is 11.6 Å². The van der Waals surface area contributed by atoms with E-state index in [1.54, 1.807) is 63.2 Å². The topological polar surface area (TPSA) is 108 Å². The summed E-state index contributed by atoms with van der Waals surface area (Å²) in [6.07, 6.45) is -1.45. The predicted molar refractivity (Wildman–Crippen MR) is 162 cm³/mol. The molecule has 0 aliphatic rings. The first-order chi connectivity index (χ1) is 19.3. The van der Waals surface area contributed by atoms with Crippen molar-refractivity contribution in [3.05, 3.63) is 82.9 Å². The van der Waals surface area contributed by atoms with E-state index >= 15 is 0 Å². The number of ether oxygens (including phenoxy) is 2. The fourth-order valence-corrected chi connectivity index (χ4v) is 4.18. The average Bonchev–Trinajstić information content (AvgIpc) is 2.90. The molecular formula is C32H39ClN2O6. The number of aliphatic hydroxyl groups is 1. The third-order valence-electron chi connectivity index (χ3n) is 5.99. The number of halogens is 1. The van der Waals surface area contributed by atoms with Gasteiger partial charge in [-0.2, -0.15) is 0 Å². The molecule has 8 nitrogen and oxygen atoms in total. The maximum Gasteiger partial charge on any atom is 0.410 e. The molecule has 1 amide bonds. The summed E-state index contributed by atoms with van der Waals surface area (Å²) in [6.45, 7) is 10.6. The molecule has 0 aromatic heterocycles. The zero-order valence-corrected chi connectivity index (χ0v) is 24.9. The van der Waals surface area contributed by atoms with Crippen molar-refractivity contribution < 1.29 is 29.3 Å². The van der Waals surface area contributed by atoms with E-state index in [1.807, 2.05) is 38.1 Å². The number of carbonyl (C=O) groups is 2. The second-order valence-corrected chi connectivity index (χ2v) is 11.7. The van der Waals surface area contributed by atoms with Crippen LogP contribution in [-0.4, -0.2) is 59.0 Å². The van der Waals surface area contributed by atoms with Gasteiger partial charge in [0.25, 0.3) is 0 Å². The molecule has 3 aromatic rings. The molecule has 0 aliphatic carbocycles. The Kier molecular flexibility index (Phi) is 11.0. The lowest BCUT2D eigenvalue weighted by Gasteiger charge is -2.29. The SMILES string of the molecule is CC(C)COc1cc(-c2ccc(NCCN(C[C@@H](O)c3cccc(Cl)c3)C(=O)OC(C)(C)C)cc2)ccc1C(=O)O. The Labute approximate surface area is 246 Å². The Morgan fingerprint density at radius 1 is 1.00 bits per heavy atom. The highest BCUT2D eigenvalue weighted by Crippen LogP contribution is 2.29. The monoisotopic (exact) mass is 582 g/mol. The van der Waals surface area contributed by atoms with Gasteiger partial charge in [0.15, 0.2) is 0 Å². The number of nitrogens with zero attached hydrogens (tertiary/aromatic N) is 1. The van der Waals surface area contributed by atoms with Crippen molar-refractivity contribution in [2.75, 3.05) is 31.6 Å². The summed E-state index contributed by atoms with van der Waals surface area (Å²) in [4.78, 5) is 26.0. The Balaban J connectivity index is 1.67. The number of anilines is 1. The molecule has 0 bridgehead atoms. The Bertz CT molecular complexity index is 1320. The van der Waals surface area contributed by atoms with Crippen molar-refractivity contribution in [3.63, 3.8) is 0 Å². The van der Waals surface area contributed by atoms with Crippen LogP contribution in [0.2, 0.25) is 5.02 Å². The maximum atomic E-state index is 12.9. The van der Waals surface area contributed by atoms with Gasteiger partial charge in [-0.1, -0.05) is 55.8 Å². The van der Waals surface area contributed by atoms with Gasteiger partial charge in [-0.25, -0.2) is 9.59 Å². The summed E-state index contributed by atoms with van der Waals surface area (Å²) in [5.74, 6) is -0.430. The van der Waals surface area contributed by atoms with Crippen molar-refractivity contribution in [1.29, 1.82) is 0 Å². The second kappa shape index (κ2) is 14.2. The molecule has 0 radical (unpaired) electrons. The molecule has 3 aromatic carbocycles. The van der Waals surface area contributed by atoms with Gasteiger partial charge in [-0.15, -0.1) is 0 Å². The van der Waals surface area contributed by atoms with Crippen molar-refractivity contribution in [2.45, 2.75) is 46.3 Å². The van der Waals surface area contributed by atoms with Gasteiger partial charge in [0.1, 0.15) is 16.9 Å². The van der Waals surface area contributed by atoms with Crippen molar-refractivity contribution in [3.8, 4) is 16.9 Å². The Morgan fingerprint density at radius 2 is 1.68 bits per heavy atom. The standard InChI is InChI=1S/C32H39ClN2O6/c1-21(2)20-40-29-18-23(11-14-27(29)30(37)38)22-9-12-26(13-10-22)34-15-16-35(31(39)41-32(3,4)5)19-28(36)24-7-6-8-25(33)17-24/h6-14,17-18,21,28,34,36H,15-16,19-20H2,1-5H3,(H,37,38)/t28-/m1/s1. The van der Waals surface area contributed by atoms with Gasteiger partial charge in [0.05, 0.1) is 19.3 Å². The molecule has 0 fully saturated rings. The van der Waals surface area contributed by atoms with E-state index in [-0.39, 0.29) is 18.0 Å². The normalized spacial score (nSPS) is 12.1. The third-order valence-corrected chi connectivity index (χ3v) is 6.23. The van der Waals surface area contributed by atoms with Crippen LogP contribution in [-0.2, 0) is 4.74 Å². The minimum atomic E-state index is -1.03. The molecule has 3 N–H and O–H groups in total. The van der Waals surface area contributed by atoms with E-state index in [0.29, 0.717) is 36.0 Å². The molecular weight excluding hydrogens is 544 g/mol. The van der Waals surface area contributed by atoms with Crippen LogP contribution in [0.5, 0.6) is 5.75 Å². The lowest BCUT2D eigenvalue weighted by molar-refractivity contribution is 0.0153. The molecule has 1 atom stereocenters. The molecule has 0 heterocycles. The molecule has 0 aliphatic heterocycles. The molecule has 41 heavy (non-hydrogen) atoms. The van der Waals surface area contributed by atoms with Crippen LogP contribution in [0.3, 0.4) is 0 Å². The van der Waals surface area contributed by atoms with E-state index < -0.39 is 23.8 Å². The van der Waals surface area contributed by atoms with Crippen LogP contribution in [0.1, 0.15) is 56.6 Å². The lowest BCUT2D eigenvalue weighted by atomic mass is 10.0. The molecule has 220 valence electrons. The van der Waals surface area contributed by atoms with Crippen molar-refractivity contribution in [2.24, 2.45) is 5.92 Å². The minimum Gasteiger partial charge on any atom is -0.492 e. The summed E-state index contributed by atoms with van der Waals surface area (Å²) in [5, 5.41) is 24.1. The molecule has 0 saturated heterocycles. The van der Waals surface area contributed by atoms with Crippen molar-refractivity contribution in [1.82, 2.24) is 4.90 Å². The van der Waals surface area contributed by atoms with Gasteiger partial charge in [0.2, 0.25) is 0 Å². The zero-order valence-electron chi connectivity index (χ0n) is 24.2. The number of carboxylic acids is 1. The van der Waals surface area contributed by atoms with Gasteiger partial charge in [-0.05, 0) is 79.8 Å². The van der Waals surface area contributed by atoms with Crippen molar-refractivity contribution >= 4 is 29.4 Å². The molecule has 9 heteroatoms. The van der Waals surface area contributed by atoms with E-state index in [1.165, 1.54) is 4.90 Å². The number of aliphatic hydroxyl groups excluding tert-OH is 1. The smallest absolute Gasteiger partial charge is 0.410 e. The summed E-state index contributed by atoms with van der Waals surface area (Å²) in [6, 6.07) is 19.7. The highest BCUT2D eigenvalue weighted by atomic mass is 35.5. The molecule has 3 rings (SSSR count). The van der Waals surface area contributed by atoms with Crippen LogP contribution in [0.15, 0.2) is 66.7 Å². The fraction of sp³-hybridized carbons (Fsp3) is 0.375. The second-order valence-electron chi connectivity index (χ2n) is 11.2. The van der Waals surface area contributed by atoms with E-state index in [0.717, 1.165) is 16.8 Å². The number of carboxylic acid groups (broad SMARTS) is 1. The third kappa shape index (κ3) is 9.99. The number of aromatic carboxylic acids is 1.